The van der Waals surface area contributed by atoms with Gasteiger partial charge in [0.25, 0.3) is 0 Å². The fourth-order valence-corrected chi connectivity index (χ4v) is 2.25. The Bertz CT molecular complexity index is 427. The summed E-state index contributed by atoms with van der Waals surface area (Å²) in [6, 6.07) is 1.79. The zero-order valence-corrected chi connectivity index (χ0v) is 11.1. The van der Waals surface area contributed by atoms with E-state index in [1.807, 2.05) is 6.92 Å². The van der Waals surface area contributed by atoms with E-state index in [-0.39, 0.29) is 12.3 Å². The molecule has 0 unspecified atom stereocenters. The molecule has 0 saturated heterocycles. The molecule has 98 valence electrons. The summed E-state index contributed by atoms with van der Waals surface area (Å²) in [5.41, 5.74) is 0.720. The van der Waals surface area contributed by atoms with Crippen LogP contribution in [-0.2, 0) is 23.6 Å². The average molecular weight is 260 g/mol. The summed E-state index contributed by atoms with van der Waals surface area (Å²) < 4.78 is 27.3. The van der Waals surface area contributed by atoms with Crippen molar-refractivity contribution >= 4 is 10.0 Å². The molecule has 0 aliphatic carbocycles. The molecule has 1 rings (SSSR count). The quantitative estimate of drug-likeness (QED) is 0.637. The van der Waals surface area contributed by atoms with Crippen LogP contribution in [-0.4, -0.2) is 37.0 Å². The average Bonchev–Trinajstić information content (AvgIpc) is 2.68. The topological polar surface area (TPSA) is 76.0 Å². The Labute approximate surface area is 102 Å². The summed E-state index contributed by atoms with van der Waals surface area (Å²) in [5, 5.41) is 7.15. The third kappa shape index (κ3) is 5.81. The second kappa shape index (κ2) is 6.73. The molecule has 17 heavy (non-hydrogen) atoms. The maximum atomic E-state index is 11.6. The Kier molecular flexibility index (Phi) is 5.60. The fourth-order valence-electron chi connectivity index (χ4n) is 1.32. The molecule has 0 atom stereocenters. The van der Waals surface area contributed by atoms with Crippen molar-refractivity contribution in [3.63, 3.8) is 0 Å². The monoisotopic (exact) mass is 260 g/mol. The van der Waals surface area contributed by atoms with E-state index in [1.165, 1.54) is 0 Å². The number of rotatable bonds is 8. The van der Waals surface area contributed by atoms with Crippen molar-refractivity contribution in [1.29, 1.82) is 0 Å². The van der Waals surface area contributed by atoms with Gasteiger partial charge >= 0.3 is 0 Å². The Morgan fingerprint density at radius 3 is 2.76 bits per heavy atom. The van der Waals surface area contributed by atoms with Crippen LogP contribution in [0.15, 0.2) is 12.3 Å². The first-order valence-corrected chi connectivity index (χ1v) is 7.35. The number of nitrogens with zero attached hydrogens (tertiary/aromatic N) is 2. The highest BCUT2D eigenvalue weighted by Crippen LogP contribution is 1.94. The van der Waals surface area contributed by atoms with Gasteiger partial charge in [-0.15, -0.1) is 0 Å². The molecule has 6 nitrogen and oxygen atoms in total. The second-order valence-corrected chi connectivity index (χ2v) is 5.80. The highest BCUT2D eigenvalue weighted by atomic mass is 32.2. The summed E-state index contributed by atoms with van der Waals surface area (Å²) in [6.45, 7) is 3.61. The minimum absolute atomic E-state index is 0.0971. The van der Waals surface area contributed by atoms with Gasteiger partial charge in [-0.2, -0.15) is 5.10 Å². The van der Waals surface area contributed by atoms with Crippen LogP contribution in [0.4, 0.5) is 0 Å². The first kappa shape index (κ1) is 14.1. The molecule has 7 heteroatoms. The molecule has 0 saturated carbocycles. The van der Waals surface area contributed by atoms with E-state index in [9.17, 15) is 8.42 Å². The Morgan fingerprint density at radius 1 is 1.41 bits per heavy atom. The van der Waals surface area contributed by atoms with Crippen molar-refractivity contribution in [2.45, 2.75) is 19.9 Å². The molecule has 1 heterocycles. The summed E-state index contributed by atoms with van der Waals surface area (Å²) in [7, 11) is -1.41. The summed E-state index contributed by atoms with van der Waals surface area (Å²) in [4.78, 5) is 0. The third-order valence-corrected chi connectivity index (χ3v) is 3.54. The lowest BCUT2D eigenvalue weighted by Crippen LogP contribution is -2.32. The SMILES string of the molecule is CCCNCCS(=O)(=O)NCc1ccn(C)n1. The molecule has 0 amide bonds. The van der Waals surface area contributed by atoms with Crippen LogP contribution in [0.5, 0.6) is 0 Å². The summed E-state index contributed by atoms with van der Waals surface area (Å²) in [5.74, 6) is 0.0971. The van der Waals surface area contributed by atoms with Crippen molar-refractivity contribution < 1.29 is 8.42 Å². The van der Waals surface area contributed by atoms with Crippen LogP contribution >= 0.6 is 0 Å². The van der Waals surface area contributed by atoms with E-state index in [1.54, 1.807) is 24.0 Å². The van der Waals surface area contributed by atoms with Crippen LogP contribution in [0.1, 0.15) is 19.0 Å². The lowest BCUT2D eigenvalue weighted by atomic mass is 10.4. The van der Waals surface area contributed by atoms with Crippen LogP contribution in [0.3, 0.4) is 0 Å². The van der Waals surface area contributed by atoms with Gasteiger partial charge in [0.2, 0.25) is 10.0 Å². The van der Waals surface area contributed by atoms with E-state index in [0.29, 0.717) is 6.54 Å². The van der Waals surface area contributed by atoms with Gasteiger partial charge in [0.1, 0.15) is 0 Å². The molecule has 1 aromatic rings. The first-order valence-electron chi connectivity index (χ1n) is 5.70. The minimum Gasteiger partial charge on any atom is -0.316 e. The number of hydrogen-bond acceptors (Lipinski definition) is 4. The lowest BCUT2D eigenvalue weighted by Gasteiger charge is -2.06. The molecule has 0 aromatic carbocycles. The standard InChI is InChI=1S/C10H20N4O2S/c1-3-5-11-6-8-17(15,16)12-9-10-4-7-14(2)13-10/h4,7,11-12H,3,5-6,8-9H2,1-2H3. The van der Waals surface area contributed by atoms with Crippen molar-refractivity contribution in [2.24, 2.45) is 7.05 Å². The summed E-state index contributed by atoms with van der Waals surface area (Å²) in [6.07, 6.45) is 2.79. The van der Waals surface area contributed by atoms with Crippen LogP contribution in [0.2, 0.25) is 0 Å². The van der Waals surface area contributed by atoms with Crippen molar-refractivity contribution in [3.8, 4) is 0 Å². The first-order chi connectivity index (χ1) is 8.03. The van der Waals surface area contributed by atoms with Gasteiger partial charge < -0.3 is 5.32 Å². The minimum atomic E-state index is -3.21. The van der Waals surface area contributed by atoms with E-state index in [0.717, 1.165) is 18.7 Å². The molecule has 0 spiro atoms. The highest BCUT2D eigenvalue weighted by molar-refractivity contribution is 7.89. The number of nitrogens with one attached hydrogen (secondary N) is 2. The molecule has 2 N–H and O–H groups in total. The maximum Gasteiger partial charge on any atom is 0.213 e. The number of aryl methyl sites for hydroxylation is 1. The van der Waals surface area contributed by atoms with E-state index < -0.39 is 10.0 Å². The fraction of sp³-hybridized carbons (Fsp3) is 0.700. The van der Waals surface area contributed by atoms with Crippen LogP contribution < -0.4 is 10.0 Å². The normalized spacial score (nSPS) is 11.9. The van der Waals surface area contributed by atoms with Gasteiger partial charge in [-0.3, -0.25) is 4.68 Å². The lowest BCUT2D eigenvalue weighted by molar-refractivity contribution is 0.574. The molecule has 0 fully saturated rings. The molecule has 1 aromatic heterocycles. The number of hydrogen-bond donors (Lipinski definition) is 2. The largest absolute Gasteiger partial charge is 0.316 e. The van der Waals surface area contributed by atoms with Crippen molar-refractivity contribution in [2.75, 3.05) is 18.8 Å². The smallest absolute Gasteiger partial charge is 0.213 e. The molecule has 0 aliphatic rings. The van der Waals surface area contributed by atoms with Crippen molar-refractivity contribution in [3.05, 3.63) is 18.0 Å². The van der Waals surface area contributed by atoms with Crippen LogP contribution in [0.25, 0.3) is 0 Å². The van der Waals surface area contributed by atoms with Gasteiger partial charge in [0.15, 0.2) is 0 Å². The van der Waals surface area contributed by atoms with Crippen LogP contribution in [0, 0.1) is 0 Å². The number of sulfonamides is 1. The molecule has 0 bridgehead atoms. The molecule has 0 aliphatic heterocycles. The molecule has 0 radical (unpaired) electrons. The maximum absolute atomic E-state index is 11.6. The Balaban J connectivity index is 2.29. The zero-order valence-electron chi connectivity index (χ0n) is 10.3. The summed E-state index contributed by atoms with van der Waals surface area (Å²) >= 11 is 0. The van der Waals surface area contributed by atoms with Gasteiger partial charge in [-0.1, -0.05) is 6.92 Å². The van der Waals surface area contributed by atoms with E-state index in [4.69, 9.17) is 0 Å². The predicted octanol–water partition coefficient (Wildman–Crippen LogP) is -0.161. The predicted molar refractivity (Wildman–Crippen MR) is 67.0 cm³/mol. The van der Waals surface area contributed by atoms with E-state index >= 15 is 0 Å². The van der Waals surface area contributed by atoms with Gasteiger partial charge in [-0.25, -0.2) is 13.1 Å². The number of aromatic nitrogens is 2. The van der Waals surface area contributed by atoms with Crippen molar-refractivity contribution in [1.82, 2.24) is 19.8 Å². The highest BCUT2D eigenvalue weighted by Gasteiger charge is 2.09. The van der Waals surface area contributed by atoms with Gasteiger partial charge in [0, 0.05) is 19.8 Å². The van der Waals surface area contributed by atoms with Gasteiger partial charge in [-0.05, 0) is 19.0 Å². The Hall–Kier alpha value is -0.920. The molecular formula is C10H20N4O2S. The Morgan fingerprint density at radius 2 is 2.18 bits per heavy atom. The van der Waals surface area contributed by atoms with E-state index in [2.05, 4.69) is 15.1 Å². The second-order valence-electron chi connectivity index (χ2n) is 3.87. The molecular weight excluding hydrogens is 240 g/mol. The zero-order chi connectivity index (χ0) is 12.7. The third-order valence-electron chi connectivity index (χ3n) is 2.22. The van der Waals surface area contributed by atoms with Gasteiger partial charge in [0.05, 0.1) is 18.0 Å².